The maximum atomic E-state index is 13.0. The molecule has 2 heterocycles. The number of benzene rings is 1. The van der Waals surface area contributed by atoms with Crippen LogP contribution in [0.5, 0.6) is 0 Å². The number of rotatable bonds is 2. The van der Waals surface area contributed by atoms with Gasteiger partial charge in [-0.1, -0.05) is 30.3 Å². The largest absolute Gasteiger partial charge is 0.444 e. The zero-order valence-electron chi connectivity index (χ0n) is 15.0. The molecule has 2 unspecified atom stereocenters. The standard InChI is InChI=1S/C19H26N2O4/c1-19(2,3)25-18(24)20-10-9-15(20)17(23)21-12-14(22)11-16(21)13-7-5-4-6-8-13/h4-8,14-16,22H,9-12H2,1-3H3/t14?,15-,16?/m1/s1. The van der Waals surface area contributed by atoms with Crippen LogP contribution in [0.1, 0.15) is 45.2 Å². The number of carbonyl (C=O) groups excluding carboxylic acids is 2. The van der Waals surface area contributed by atoms with Crippen molar-refractivity contribution in [3.63, 3.8) is 0 Å². The molecule has 1 aromatic rings. The van der Waals surface area contributed by atoms with Gasteiger partial charge in [-0.15, -0.1) is 0 Å². The summed E-state index contributed by atoms with van der Waals surface area (Å²) in [4.78, 5) is 28.5. The minimum atomic E-state index is -0.587. The summed E-state index contributed by atoms with van der Waals surface area (Å²) in [6.45, 7) is 6.26. The molecule has 0 spiro atoms. The van der Waals surface area contributed by atoms with Crippen LogP contribution < -0.4 is 0 Å². The van der Waals surface area contributed by atoms with Crippen LogP contribution in [0.2, 0.25) is 0 Å². The molecule has 1 aromatic carbocycles. The van der Waals surface area contributed by atoms with E-state index < -0.39 is 23.8 Å². The predicted octanol–water partition coefficient (Wildman–Crippen LogP) is 2.33. The molecule has 2 saturated heterocycles. The van der Waals surface area contributed by atoms with Crippen LogP contribution in [-0.2, 0) is 9.53 Å². The number of likely N-dealkylation sites (tertiary alicyclic amines) is 2. The zero-order valence-corrected chi connectivity index (χ0v) is 15.0. The fraction of sp³-hybridized carbons (Fsp3) is 0.579. The lowest BCUT2D eigenvalue weighted by Crippen LogP contribution is -2.59. The van der Waals surface area contributed by atoms with Gasteiger partial charge >= 0.3 is 6.09 Å². The van der Waals surface area contributed by atoms with E-state index in [1.807, 2.05) is 51.1 Å². The van der Waals surface area contributed by atoms with Crippen LogP contribution in [0.15, 0.2) is 30.3 Å². The second-order valence-corrected chi connectivity index (χ2v) is 7.78. The van der Waals surface area contributed by atoms with Crippen LogP contribution in [-0.4, -0.2) is 57.7 Å². The highest BCUT2D eigenvalue weighted by Crippen LogP contribution is 2.35. The molecule has 3 rings (SSSR count). The Balaban J connectivity index is 1.72. The molecule has 2 aliphatic rings. The lowest BCUT2D eigenvalue weighted by Gasteiger charge is -2.42. The predicted molar refractivity (Wildman–Crippen MR) is 92.9 cm³/mol. The van der Waals surface area contributed by atoms with Crippen molar-refractivity contribution in [2.45, 2.75) is 57.4 Å². The maximum absolute atomic E-state index is 13.0. The molecule has 136 valence electrons. The topological polar surface area (TPSA) is 70.1 Å². The monoisotopic (exact) mass is 346 g/mol. The lowest BCUT2D eigenvalue weighted by atomic mass is 10.00. The third-order valence-electron chi connectivity index (χ3n) is 4.68. The normalized spacial score (nSPS) is 26.3. The first-order chi connectivity index (χ1) is 11.8. The molecule has 2 amide bonds. The highest BCUT2D eigenvalue weighted by atomic mass is 16.6. The van der Waals surface area contributed by atoms with E-state index in [-0.39, 0.29) is 11.9 Å². The molecule has 2 fully saturated rings. The van der Waals surface area contributed by atoms with Crippen molar-refractivity contribution in [3.8, 4) is 0 Å². The summed E-state index contributed by atoms with van der Waals surface area (Å²) in [7, 11) is 0. The summed E-state index contributed by atoms with van der Waals surface area (Å²) in [5, 5.41) is 10.1. The lowest BCUT2D eigenvalue weighted by molar-refractivity contribution is -0.142. The average molecular weight is 346 g/mol. The Morgan fingerprint density at radius 2 is 1.84 bits per heavy atom. The van der Waals surface area contributed by atoms with E-state index in [0.29, 0.717) is 25.9 Å². The number of hydrogen-bond donors (Lipinski definition) is 1. The van der Waals surface area contributed by atoms with Crippen molar-refractivity contribution in [1.29, 1.82) is 0 Å². The van der Waals surface area contributed by atoms with E-state index in [4.69, 9.17) is 4.74 Å². The molecule has 0 saturated carbocycles. The van der Waals surface area contributed by atoms with Gasteiger partial charge in [0.2, 0.25) is 5.91 Å². The van der Waals surface area contributed by atoms with Crippen molar-refractivity contribution >= 4 is 12.0 Å². The Labute approximate surface area is 148 Å². The molecular formula is C19H26N2O4. The van der Waals surface area contributed by atoms with Crippen molar-refractivity contribution in [1.82, 2.24) is 9.80 Å². The van der Waals surface area contributed by atoms with Gasteiger partial charge in [0.15, 0.2) is 0 Å². The second kappa shape index (κ2) is 6.67. The molecule has 0 radical (unpaired) electrons. The van der Waals surface area contributed by atoms with Gasteiger partial charge in [-0.3, -0.25) is 9.69 Å². The molecule has 0 bridgehead atoms. The van der Waals surface area contributed by atoms with E-state index in [9.17, 15) is 14.7 Å². The number of nitrogens with zero attached hydrogens (tertiary/aromatic N) is 2. The molecule has 6 heteroatoms. The summed E-state index contributed by atoms with van der Waals surface area (Å²) >= 11 is 0. The molecule has 25 heavy (non-hydrogen) atoms. The van der Waals surface area contributed by atoms with Crippen LogP contribution in [0, 0.1) is 0 Å². The minimum absolute atomic E-state index is 0.109. The van der Waals surface area contributed by atoms with Gasteiger partial charge in [-0.2, -0.15) is 0 Å². The first-order valence-electron chi connectivity index (χ1n) is 8.79. The summed E-state index contributed by atoms with van der Waals surface area (Å²) in [6, 6.07) is 9.08. The summed E-state index contributed by atoms with van der Waals surface area (Å²) in [6.07, 6.45) is 0.165. The quantitative estimate of drug-likeness (QED) is 0.892. The number of ether oxygens (including phenoxy) is 1. The Morgan fingerprint density at radius 3 is 2.40 bits per heavy atom. The Kier molecular flexibility index (Phi) is 4.73. The zero-order chi connectivity index (χ0) is 18.2. The van der Waals surface area contributed by atoms with E-state index in [1.165, 1.54) is 4.90 Å². The number of carbonyl (C=O) groups is 2. The van der Waals surface area contributed by atoms with E-state index in [0.717, 1.165) is 5.56 Å². The minimum Gasteiger partial charge on any atom is -0.444 e. The van der Waals surface area contributed by atoms with Gasteiger partial charge in [0.1, 0.15) is 11.6 Å². The van der Waals surface area contributed by atoms with E-state index in [1.54, 1.807) is 4.90 Å². The average Bonchev–Trinajstić information content (AvgIpc) is 2.87. The maximum Gasteiger partial charge on any atom is 0.410 e. The highest BCUT2D eigenvalue weighted by molar-refractivity contribution is 5.88. The summed E-state index contributed by atoms with van der Waals surface area (Å²) in [5.74, 6) is -0.109. The fourth-order valence-electron chi connectivity index (χ4n) is 3.42. The summed E-state index contributed by atoms with van der Waals surface area (Å²) < 4.78 is 5.38. The van der Waals surface area contributed by atoms with Crippen molar-refractivity contribution in [2.24, 2.45) is 0 Å². The third-order valence-corrected chi connectivity index (χ3v) is 4.68. The number of aliphatic hydroxyl groups excluding tert-OH is 1. The van der Waals surface area contributed by atoms with Gasteiger partial charge < -0.3 is 14.7 Å². The Morgan fingerprint density at radius 1 is 1.16 bits per heavy atom. The van der Waals surface area contributed by atoms with Crippen LogP contribution in [0.3, 0.4) is 0 Å². The first kappa shape index (κ1) is 17.7. The van der Waals surface area contributed by atoms with Crippen LogP contribution in [0.25, 0.3) is 0 Å². The molecule has 2 aliphatic heterocycles. The van der Waals surface area contributed by atoms with E-state index in [2.05, 4.69) is 0 Å². The molecule has 6 nitrogen and oxygen atoms in total. The Hall–Kier alpha value is -2.08. The molecule has 1 N–H and O–H groups in total. The second-order valence-electron chi connectivity index (χ2n) is 7.78. The van der Waals surface area contributed by atoms with Crippen molar-refractivity contribution < 1.29 is 19.4 Å². The van der Waals surface area contributed by atoms with Gasteiger partial charge in [-0.05, 0) is 39.2 Å². The van der Waals surface area contributed by atoms with Gasteiger partial charge in [0, 0.05) is 13.1 Å². The van der Waals surface area contributed by atoms with Crippen LogP contribution >= 0.6 is 0 Å². The molecule has 0 aromatic heterocycles. The van der Waals surface area contributed by atoms with Crippen LogP contribution in [0.4, 0.5) is 4.79 Å². The fourth-order valence-corrected chi connectivity index (χ4v) is 3.42. The summed E-state index contributed by atoms with van der Waals surface area (Å²) in [5.41, 5.74) is 0.423. The van der Waals surface area contributed by atoms with Gasteiger partial charge in [-0.25, -0.2) is 4.79 Å². The number of amides is 2. The number of aliphatic hydroxyl groups is 1. The van der Waals surface area contributed by atoms with Crippen molar-refractivity contribution in [2.75, 3.05) is 13.1 Å². The molecular weight excluding hydrogens is 320 g/mol. The van der Waals surface area contributed by atoms with Crippen molar-refractivity contribution in [3.05, 3.63) is 35.9 Å². The van der Waals surface area contributed by atoms with E-state index >= 15 is 0 Å². The Bertz CT molecular complexity index is 641. The highest BCUT2D eigenvalue weighted by Gasteiger charge is 2.45. The molecule has 0 aliphatic carbocycles. The third kappa shape index (κ3) is 3.79. The first-order valence-corrected chi connectivity index (χ1v) is 8.79. The van der Waals surface area contributed by atoms with Gasteiger partial charge in [0.25, 0.3) is 0 Å². The number of β-amino-alcohol motifs (C(OH)–C–C–N with tert-alkyl or cyclic N) is 1. The molecule has 3 atom stereocenters. The van der Waals surface area contributed by atoms with Gasteiger partial charge in [0.05, 0.1) is 12.1 Å². The SMILES string of the molecule is CC(C)(C)OC(=O)N1CC[C@@H]1C(=O)N1CC(O)CC1c1ccccc1. The smallest absolute Gasteiger partial charge is 0.410 e. The number of hydrogen-bond acceptors (Lipinski definition) is 4.